The van der Waals surface area contributed by atoms with Crippen LogP contribution >= 0.6 is 11.3 Å². The minimum Gasteiger partial charge on any atom is -0.309 e. The van der Waals surface area contributed by atoms with E-state index in [-0.39, 0.29) is 0 Å². The van der Waals surface area contributed by atoms with E-state index in [0.29, 0.717) is 17.5 Å². The van der Waals surface area contributed by atoms with Crippen LogP contribution in [0.25, 0.3) is 105 Å². The number of para-hydroxylation sites is 1. The Morgan fingerprint density at radius 3 is 1.40 bits per heavy atom. The number of benzene rings is 8. The lowest BCUT2D eigenvalue weighted by atomic mass is 9.99. The predicted octanol–water partition coefficient (Wildman–Crippen LogP) is 13.6. The van der Waals surface area contributed by atoms with Gasteiger partial charge in [-0.05, 0) is 82.9 Å². The van der Waals surface area contributed by atoms with E-state index in [1.165, 1.54) is 32.9 Å². The fraction of sp³-hybridized carbons (Fsp3) is 0. The van der Waals surface area contributed by atoms with Crippen molar-refractivity contribution in [3.05, 3.63) is 200 Å². The third-order valence-corrected chi connectivity index (χ3v) is 11.8. The highest BCUT2D eigenvalue weighted by Gasteiger charge is 2.17. The van der Waals surface area contributed by atoms with Crippen LogP contribution in [0.3, 0.4) is 0 Å². The van der Waals surface area contributed by atoms with Crippen molar-refractivity contribution >= 4 is 43.4 Å². The predicted molar refractivity (Wildman–Crippen MR) is 240 cm³/mol. The van der Waals surface area contributed by atoms with Crippen molar-refractivity contribution in [2.75, 3.05) is 0 Å². The van der Waals surface area contributed by atoms with Crippen LogP contribution in [0.1, 0.15) is 0 Å². The molecule has 6 heteroatoms. The zero-order valence-corrected chi connectivity index (χ0v) is 32.0. The van der Waals surface area contributed by atoms with Crippen molar-refractivity contribution < 1.29 is 0 Å². The van der Waals surface area contributed by atoms with Gasteiger partial charge in [0.05, 0.1) is 21.3 Å². The van der Waals surface area contributed by atoms with Crippen LogP contribution in [0.2, 0.25) is 0 Å². The maximum Gasteiger partial charge on any atom is 0.164 e. The fourth-order valence-corrected chi connectivity index (χ4v) is 8.77. The number of aromatic nitrogens is 5. The fourth-order valence-electron chi connectivity index (χ4n) is 7.83. The van der Waals surface area contributed by atoms with Crippen molar-refractivity contribution in [3.8, 4) is 72.7 Å². The van der Waals surface area contributed by atoms with E-state index in [1.54, 1.807) is 11.3 Å². The summed E-state index contributed by atoms with van der Waals surface area (Å²) < 4.78 is 3.48. The Morgan fingerprint density at radius 2 is 0.793 bits per heavy atom. The highest BCUT2D eigenvalue weighted by molar-refractivity contribution is 7.21. The first-order chi connectivity index (χ1) is 28.7. The van der Waals surface area contributed by atoms with E-state index in [0.717, 1.165) is 54.3 Å². The molecule has 0 spiro atoms. The molecule has 0 fully saturated rings. The molecule has 0 N–H and O–H groups in total. The van der Waals surface area contributed by atoms with Gasteiger partial charge in [0.25, 0.3) is 0 Å². The molecular weight excluding hydrogens is 727 g/mol. The topological polar surface area (TPSA) is 56.5 Å². The first-order valence-electron chi connectivity index (χ1n) is 19.3. The Bertz CT molecular complexity index is 3210. The molecule has 11 rings (SSSR count). The summed E-state index contributed by atoms with van der Waals surface area (Å²) >= 11 is 1.70. The van der Waals surface area contributed by atoms with E-state index >= 15 is 0 Å². The van der Waals surface area contributed by atoms with E-state index in [2.05, 4.69) is 144 Å². The number of thiazole rings is 1. The lowest BCUT2D eigenvalue weighted by Crippen LogP contribution is -2.00. The van der Waals surface area contributed by atoms with Crippen LogP contribution in [0.15, 0.2) is 200 Å². The second-order valence-corrected chi connectivity index (χ2v) is 15.4. The minimum absolute atomic E-state index is 0.617. The van der Waals surface area contributed by atoms with Crippen molar-refractivity contribution in [1.82, 2.24) is 24.5 Å². The lowest BCUT2D eigenvalue weighted by Gasteiger charge is -2.09. The monoisotopic (exact) mass is 759 g/mol. The summed E-state index contributed by atoms with van der Waals surface area (Å²) in [5.74, 6) is 1.89. The van der Waals surface area contributed by atoms with Gasteiger partial charge in [0, 0.05) is 38.7 Å². The quantitative estimate of drug-likeness (QED) is 0.162. The summed E-state index contributed by atoms with van der Waals surface area (Å²) in [7, 11) is 0. The number of hydrogen-bond donors (Lipinski definition) is 0. The number of rotatable bonds is 7. The summed E-state index contributed by atoms with van der Waals surface area (Å²) in [6.45, 7) is 0. The smallest absolute Gasteiger partial charge is 0.164 e. The van der Waals surface area contributed by atoms with Gasteiger partial charge in [-0.3, -0.25) is 0 Å². The summed E-state index contributed by atoms with van der Waals surface area (Å²) in [5, 5.41) is 3.41. The first kappa shape index (κ1) is 33.8. The number of nitrogens with zero attached hydrogens (tertiary/aromatic N) is 5. The Balaban J connectivity index is 0.981. The second-order valence-electron chi connectivity index (χ2n) is 14.3. The highest BCUT2D eigenvalue weighted by atomic mass is 32.1. The average molecular weight is 760 g/mol. The summed E-state index contributed by atoms with van der Waals surface area (Å²) in [6, 6.07) is 70.1. The van der Waals surface area contributed by atoms with Crippen LogP contribution < -0.4 is 0 Å². The Hall–Kier alpha value is -7.54. The van der Waals surface area contributed by atoms with Crippen LogP contribution in [0.4, 0.5) is 0 Å². The third kappa shape index (κ3) is 6.13. The van der Waals surface area contributed by atoms with Gasteiger partial charge in [0.2, 0.25) is 0 Å². The SMILES string of the molecule is c1ccc(-c2ccc3c(c2)c2cc(-c4cccc(-c5nc6cc(-c7nc(-c8ccccc8)nc(-c8ccccc8)n7)ccc6s5)c4)ccc2n3-c2ccccc2)cc1. The molecule has 0 saturated heterocycles. The molecule has 0 amide bonds. The van der Waals surface area contributed by atoms with Crippen molar-refractivity contribution in [2.45, 2.75) is 0 Å². The normalized spacial score (nSPS) is 11.4. The largest absolute Gasteiger partial charge is 0.309 e. The third-order valence-electron chi connectivity index (χ3n) is 10.7. The summed E-state index contributed by atoms with van der Waals surface area (Å²) in [5.41, 5.74) is 13.0. The molecule has 0 saturated carbocycles. The molecule has 3 aromatic heterocycles. The van der Waals surface area contributed by atoms with Crippen molar-refractivity contribution in [1.29, 1.82) is 0 Å². The van der Waals surface area contributed by atoms with Crippen LogP contribution in [0, 0.1) is 0 Å². The zero-order chi connectivity index (χ0) is 38.4. The van der Waals surface area contributed by atoms with E-state index in [1.807, 2.05) is 60.7 Å². The summed E-state index contributed by atoms with van der Waals surface area (Å²) in [4.78, 5) is 19.9. The van der Waals surface area contributed by atoms with Crippen molar-refractivity contribution in [2.24, 2.45) is 0 Å². The lowest BCUT2D eigenvalue weighted by molar-refractivity contribution is 1.07. The number of fused-ring (bicyclic) bond motifs is 4. The van der Waals surface area contributed by atoms with E-state index < -0.39 is 0 Å². The van der Waals surface area contributed by atoms with Gasteiger partial charge in [-0.25, -0.2) is 19.9 Å². The first-order valence-corrected chi connectivity index (χ1v) is 20.1. The molecule has 0 aliphatic rings. The molecule has 58 heavy (non-hydrogen) atoms. The maximum absolute atomic E-state index is 5.18. The van der Waals surface area contributed by atoms with Crippen LogP contribution in [0.5, 0.6) is 0 Å². The van der Waals surface area contributed by atoms with Gasteiger partial charge >= 0.3 is 0 Å². The zero-order valence-electron chi connectivity index (χ0n) is 31.2. The average Bonchev–Trinajstić information content (AvgIpc) is 3.89. The Labute approximate surface area is 339 Å². The van der Waals surface area contributed by atoms with Crippen LogP contribution in [-0.2, 0) is 0 Å². The molecule has 0 atom stereocenters. The molecule has 272 valence electrons. The van der Waals surface area contributed by atoms with Gasteiger partial charge in [-0.15, -0.1) is 11.3 Å². The van der Waals surface area contributed by atoms with E-state index in [9.17, 15) is 0 Å². The van der Waals surface area contributed by atoms with Gasteiger partial charge in [-0.1, -0.05) is 140 Å². The second kappa shape index (κ2) is 14.2. The molecule has 0 radical (unpaired) electrons. The van der Waals surface area contributed by atoms with Gasteiger partial charge < -0.3 is 4.57 Å². The number of hydrogen-bond acceptors (Lipinski definition) is 5. The van der Waals surface area contributed by atoms with Crippen molar-refractivity contribution in [3.63, 3.8) is 0 Å². The van der Waals surface area contributed by atoms with Gasteiger partial charge in [0.15, 0.2) is 17.5 Å². The molecule has 0 unspecified atom stereocenters. The molecule has 3 heterocycles. The van der Waals surface area contributed by atoms with E-state index in [4.69, 9.17) is 19.9 Å². The van der Waals surface area contributed by atoms with Gasteiger partial charge in [-0.2, -0.15) is 0 Å². The maximum atomic E-state index is 5.18. The molecule has 0 aliphatic carbocycles. The van der Waals surface area contributed by atoms with Gasteiger partial charge in [0.1, 0.15) is 5.01 Å². The highest BCUT2D eigenvalue weighted by Crippen LogP contribution is 2.39. The molecule has 5 nitrogen and oxygen atoms in total. The molecule has 11 aromatic rings. The minimum atomic E-state index is 0.617. The molecule has 0 aliphatic heterocycles. The molecule has 0 bridgehead atoms. The van der Waals surface area contributed by atoms with Crippen LogP contribution in [-0.4, -0.2) is 24.5 Å². The Morgan fingerprint density at radius 1 is 0.328 bits per heavy atom. The standard InChI is InChI=1S/C52H33N5S/c1-5-14-34(15-6-1)38-24-27-46-43(31-38)44-32-39(25-28-47(44)57(46)42-22-11-4-12-23-42)37-20-13-21-41(30-37)52-53-45-33-40(26-29-48(45)58-52)51-55-49(35-16-7-2-8-17-35)54-50(56-51)36-18-9-3-10-19-36/h1-33H. The Kier molecular flexibility index (Phi) is 8.26. The molecular formula is C52H33N5S. The molecule has 8 aromatic carbocycles. The summed E-state index contributed by atoms with van der Waals surface area (Å²) in [6.07, 6.45) is 0.